The lowest BCUT2D eigenvalue weighted by molar-refractivity contribution is 0.238. The summed E-state index contributed by atoms with van der Waals surface area (Å²) >= 11 is 0. The molecule has 23 heavy (non-hydrogen) atoms. The Morgan fingerprint density at radius 1 is 1.22 bits per heavy atom. The molecule has 2 amide bonds. The summed E-state index contributed by atoms with van der Waals surface area (Å²) in [5.74, 6) is 0.837. The van der Waals surface area contributed by atoms with Crippen LogP contribution in [0.25, 0.3) is 5.69 Å². The predicted molar refractivity (Wildman–Crippen MR) is 92.3 cm³/mol. The number of amides is 2. The van der Waals surface area contributed by atoms with Crippen molar-refractivity contribution < 1.29 is 9.53 Å². The average Bonchev–Trinajstić information content (AvgIpc) is 2.79. The van der Waals surface area contributed by atoms with Crippen LogP contribution in [-0.2, 0) is 6.54 Å². The van der Waals surface area contributed by atoms with Crippen LogP contribution in [0.2, 0.25) is 0 Å². The lowest BCUT2D eigenvalue weighted by atomic mass is 10.2. The smallest absolute Gasteiger partial charge is 0.315 e. The van der Waals surface area contributed by atoms with Gasteiger partial charge in [0.15, 0.2) is 0 Å². The van der Waals surface area contributed by atoms with Gasteiger partial charge < -0.3 is 19.9 Å². The van der Waals surface area contributed by atoms with E-state index in [1.807, 2.05) is 38.1 Å². The zero-order chi connectivity index (χ0) is 17.0. The molecule has 1 aromatic carbocycles. The lowest BCUT2D eigenvalue weighted by Crippen LogP contribution is -2.39. The number of carbonyl (C=O) groups excluding carboxylic acids is 1. The number of hydrogen-bond acceptors (Lipinski definition) is 2. The number of benzene rings is 1. The predicted octanol–water partition coefficient (Wildman–Crippen LogP) is 3.31. The van der Waals surface area contributed by atoms with E-state index in [0.29, 0.717) is 6.54 Å². The van der Waals surface area contributed by atoms with Gasteiger partial charge in [-0.15, -0.1) is 0 Å². The first-order chi connectivity index (χ1) is 10.9. The maximum atomic E-state index is 11.7. The number of ether oxygens (including phenoxy) is 1. The second-order valence-electron chi connectivity index (χ2n) is 5.91. The monoisotopic (exact) mass is 315 g/mol. The van der Waals surface area contributed by atoms with Crippen LogP contribution in [-0.4, -0.2) is 23.7 Å². The quantitative estimate of drug-likeness (QED) is 0.889. The molecule has 124 valence electrons. The minimum atomic E-state index is -0.144. The van der Waals surface area contributed by atoms with Crippen molar-refractivity contribution in [2.45, 2.75) is 40.3 Å². The third-order valence-corrected chi connectivity index (χ3v) is 3.73. The fraction of sp³-hybridized carbons (Fsp3) is 0.389. The number of hydrogen-bond donors (Lipinski definition) is 2. The van der Waals surface area contributed by atoms with E-state index in [1.54, 1.807) is 7.11 Å². The van der Waals surface area contributed by atoms with Crippen molar-refractivity contribution in [2.75, 3.05) is 7.11 Å². The maximum absolute atomic E-state index is 11.7. The van der Waals surface area contributed by atoms with Crippen molar-refractivity contribution in [3.63, 3.8) is 0 Å². The molecule has 0 aliphatic heterocycles. The molecule has 0 atom stereocenters. The van der Waals surface area contributed by atoms with Crippen molar-refractivity contribution in [3.8, 4) is 11.4 Å². The summed E-state index contributed by atoms with van der Waals surface area (Å²) in [5, 5.41) is 5.73. The van der Waals surface area contributed by atoms with Crippen LogP contribution < -0.4 is 15.4 Å². The fourth-order valence-electron chi connectivity index (χ4n) is 2.63. The van der Waals surface area contributed by atoms with E-state index in [9.17, 15) is 4.79 Å². The van der Waals surface area contributed by atoms with E-state index in [0.717, 1.165) is 28.4 Å². The Balaban J connectivity index is 2.17. The molecule has 0 aliphatic rings. The summed E-state index contributed by atoms with van der Waals surface area (Å²) in [6.45, 7) is 8.52. The number of rotatable bonds is 5. The van der Waals surface area contributed by atoms with E-state index >= 15 is 0 Å². The first kappa shape index (κ1) is 16.9. The van der Waals surface area contributed by atoms with Gasteiger partial charge in [-0.2, -0.15) is 0 Å². The van der Waals surface area contributed by atoms with Gasteiger partial charge in [0.05, 0.1) is 7.11 Å². The van der Waals surface area contributed by atoms with Crippen LogP contribution in [0.4, 0.5) is 4.79 Å². The van der Waals surface area contributed by atoms with Crippen molar-refractivity contribution >= 4 is 6.03 Å². The molecule has 5 nitrogen and oxygen atoms in total. The lowest BCUT2D eigenvalue weighted by Gasteiger charge is -2.12. The van der Waals surface area contributed by atoms with Crippen LogP contribution in [0.15, 0.2) is 30.3 Å². The second-order valence-corrected chi connectivity index (χ2v) is 5.91. The molecule has 2 rings (SSSR count). The molecule has 1 aromatic heterocycles. The van der Waals surface area contributed by atoms with Gasteiger partial charge >= 0.3 is 6.03 Å². The van der Waals surface area contributed by atoms with Gasteiger partial charge in [0, 0.05) is 29.7 Å². The summed E-state index contributed by atoms with van der Waals surface area (Å²) in [4.78, 5) is 11.7. The number of urea groups is 1. The molecule has 2 N–H and O–H groups in total. The van der Waals surface area contributed by atoms with Gasteiger partial charge in [-0.25, -0.2) is 4.79 Å². The first-order valence-corrected chi connectivity index (χ1v) is 7.79. The zero-order valence-corrected chi connectivity index (χ0v) is 14.4. The highest BCUT2D eigenvalue weighted by atomic mass is 16.5. The highest BCUT2D eigenvalue weighted by molar-refractivity contribution is 5.74. The molecular formula is C18H25N3O2. The Bertz CT molecular complexity index is 672. The molecule has 0 aliphatic carbocycles. The van der Waals surface area contributed by atoms with E-state index in [2.05, 4.69) is 35.1 Å². The highest BCUT2D eigenvalue weighted by Crippen LogP contribution is 2.22. The second kappa shape index (κ2) is 7.22. The number of aryl methyl sites for hydroxylation is 1. The molecular weight excluding hydrogens is 290 g/mol. The van der Waals surface area contributed by atoms with Crippen molar-refractivity contribution in [1.82, 2.24) is 15.2 Å². The molecule has 5 heteroatoms. The minimum Gasteiger partial charge on any atom is -0.497 e. The molecule has 0 spiro atoms. The SMILES string of the molecule is COc1ccc(-n2c(C)cc(CNC(=O)NC(C)C)c2C)cc1. The first-order valence-electron chi connectivity index (χ1n) is 7.79. The third-order valence-electron chi connectivity index (χ3n) is 3.73. The summed E-state index contributed by atoms with van der Waals surface area (Å²) in [5.41, 5.74) is 4.45. The molecule has 0 saturated carbocycles. The Morgan fingerprint density at radius 2 is 1.87 bits per heavy atom. The Labute approximate surface area is 137 Å². The van der Waals surface area contributed by atoms with Crippen LogP contribution in [0.5, 0.6) is 5.75 Å². The molecule has 0 saturated heterocycles. The van der Waals surface area contributed by atoms with Gasteiger partial charge in [0.2, 0.25) is 0 Å². The molecule has 0 unspecified atom stereocenters. The number of carbonyl (C=O) groups is 1. The van der Waals surface area contributed by atoms with Crippen LogP contribution >= 0.6 is 0 Å². The molecule has 2 aromatic rings. The molecule has 0 bridgehead atoms. The zero-order valence-electron chi connectivity index (χ0n) is 14.4. The van der Waals surface area contributed by atoms with Crippen molar-refractivity contribution in [2.24, 2.45) is 0 Å². The standard InChI is InChI=1S/C18H25N3O2/c1-12(2)20-18(22)19-11-15-10-13(3)21(14(15)4)16-6-8-17(23-5)9-7-16/h6-10,12H,11H2,1-5H3,(H2,19,20,22). The summed E-state index contributed by atoms with van der Waals surface area (Å²) in [6.07, 6.45) is 0. The van der Waals surface area contributed by atoms with Crippen LogP contribution in [0.3, 0.4) is 0 Å². The Morgan fingerprint density at radius 3 is 2.43 bits per heavy atom. The topological polar surface area (TPSA) is 55.3 Å². The molecule has 0 fully saturated rings. The van der Waals surface area contributed by atoms with Crippen LogP contribution in [0.1, 0.15) is 30.8 Å². The van der Waals surface area contributed by atoms with E-state index in [4.69, 9.17) is 4.74 Å². The van der Waals surface area contributed by atoms with Crippen molar-refractivity contribution in [1.29, 1.82) is 0 Å². The summed E-state index contributed by atoms with van der Waals surface area (Å²) in [6, 6.07) is 10.0. The van der Waals surface area contributed by atoms with E-state index in [-0.39, 0.29) is 12.1 Å². The largest absolute Gasteiger partial charge is 0.497 e. The minimum absolute atomic E-state index is 0.127. The summed E-state index contributed by atoms with van der Waals surface area (Å²) < 4.78 is 7.38. The normalized spacial score (nSPS) is 10.7. The van der Waals surface area contributed by atoms with Gasteiger partial charge in [0.25, 0.3) is 0 Å². The summed E-state index contributed by atoms with van der Waals surface area (Å²) in [7, 11) is 1.66. The third kappa shape index (κ3) is 4.06. The average molecular weight is 315 g/mol. The highest BCUT2D eigenvalue weighted by Gasteiger charge is 2.12. The number of nitrogens with one attached hydrogen (secondary N) is 2. The van der Waals surface area contributed by atoms with Gasteiger partial charge in [-0.3, -0.25) is 0 Å². The number of methoxy groups -OCH3 is 1. The molecule has 1 heterocycles. The van der Waals surface area contributed by atoms with Gasteiger partial charge in [-0.1, -0.05) is 0 Å². The van der Waals surface area contributed by atoms with Crippen molar-refractivity contribution in [3.05, 3.63) is 47.3 Å². The fourth-order valence-corrected chi connectivity index (χ4v) is 2.63. The molecule has 0 radical (unpaired) electrons. The number of nitrogens with zero attached hydrogens (tertiary/aromatic N) is 1. The van der Waals surface area contributed by atoms with Gasteiger partial charge in [0.1, 0.15) is 5.75 Å². The van der Waals surface area contributed by atoms with Gasteiger partial charge in [-0.05, 0) is 63.6 Å². The van der Waals surface area contributed by atoms with E-state index in [1.165, 1.54) is 0 Å². The maximum Gasteiger partial charge on any atom is 0.315 e. The Hall–Kier alpha value is -2.43. The van der Waals surface area contributed by atoms with Crippen LogP contribution in [0, 0.1) is 13.8 Å². The Kier molecular flexibility index (Phi) is 5.32. The number of aromatic nitrogens is 1. The van der Waals surface area contributed by atoms with E-state index < -0.39 is 0 Å².